The van der Waals surface area contributed by atoms with E-state index in [9.17, 15) is 4.79 Å². The van der Waals surface area contributed by atoms with Crippen LogP contribution in [0.1, 0.15) is 22.6 Å². The van der Waals surface area contributed by atoms with Crippen molar-refractivity contribution in [3.8, 4) is 5.88 Å². The molecule has 0 saturated carbocycles. The van der Waals surface area contributed by atoms with E-state index < -0.39 is 0 Å². The van der Waals surface area contributed by atoms with E-state index in [1.807, 2.05) is 24.0 Å². The second-order valence-electron chi connectivity index (χ2n) is 6.14. The lowest BCUT2D eigenvalue weighted by molar-refractivity contribution is 0.0946. The fourth-order valence-electron chi connectivity index (χ4n) is 2.97. The van der Waals surface area contributed by atoms with Gasteiger partial charge in [0.15, 0.2) is 0 Å². The zero-order valence-electron chi connectivity index (χ0n) is 14.1. The number of pyridine rings is 1. The summed E-state index contributed by atoms with van der Waals surface area (Å²) in [4.78, 5) is 23.0. The molecule has 1 amide bonds. The zero-order chi connectivity index (χ0) is 16.9. The summed E-state index contributed by atoms with van der Waals surface area (Å²) in [6.45, 7) is 3.55. The van der Waals surface area contributed by atoms with Crippen molar-refractivity contribution in [3.63, 3.8) is 0 Å². The summed E-state index contributed by atoms with van der Waals surface area (Å²) < 4.78 is 7.10. The van der Waals surface area contributed by atoms with Crippen LogP contribution < -0.4 is 10.1 Å². The number of carbonyl (C=O) groups excluding carboxylic acids is 1. The van der Waals surface area contributed by atoms with E-state index in [0.29, 0.717) is 23.9 Å². The van der Waals surface area contributed by atoms with Crippen molar-refractivity contribution in [1.82, 2.24) is 24.8 Å². The highest BCUT2D eigenvalue weighted by atomic mass is 16.5. The minimum Gasteiger partial charge on any atom is -0.481 e. The molecule has 1 atom stereocenters. The van der Waals surface area contributed by atoms with Crippen LogP contribution in [-0.4, -0.2) is 52.1 Å². The van der Waals surface area contributed by atoms with Gasteiger partial charge in [0.1, 0.15) is 5.82 Å². The molecule has 2 aromatic heterocycles. The van der Waals surface area contributed by atoms with E-state index in [0.717, 1.165) is 31.9 Å². The summed E-state index contributed by atoms with van der Waals surface area (Å²) in [5.74, 6) is 1.91. The van der Waals surface area contributed by atoms with Gasteiger partial charge in [-0.25, -0.2) is 9.97 Å². The highest BCUT2D eigenvalue weighted by molar-refractivity contribution is 5.94. The highest BCUT2D eigenvalue weighted by Crippen LogP contribution is 2.17. The number of aromatic nitrogens is 3. The summed E-state index contributed by atoms with van der Waals surface area (Å²) in [6, 6.07) is 3.34. The third-order valence-corrected chi connectivity index (χ3v) is 4.41. The number of aryl methyl sites for hydroxylation is 1. The van der Waals surface area contributed by atoms with Crippen LogP contribution in [0.25, 0.3) is 0 Å². The SMILES string of the molecule is COc1cc(C(=O)NCC2CCN(Cc3nccn3C)C2)ccn1. The average Bonchev–Trinajstić information content (AvgIpc) is 3.22. The first kappa shape index (κ1) is 16.4. The molecule has 1 saturated heterocycles. The van der Waals surface area contributed by atoms with Crippen LogP contribution in [-0.2, 0) is 13.6 Å². The second kappa shape index (κ2) is 7.44. The third-order valence-electron chi connectivity index (χ3n) is 4.41. The van der Waals surface area contributed by atoms with E-state index in [2.05, 4.69) is 20.2 Å². The van der Waals surface area contributed by atoms with Gasteiger partial charge in [0.25, 0.3) is 5.91 Å². The largest absolute Gasteiger partial charge is 0.481 e. The Kier molecular flexibility index (Phi) is 5.10. The van der Waals surface area contributed by atoms with E-state index in [4.69, 9.17) is 4.74 Å². The Bertz CT molecular complexity index is 700. The van der Waals surface area contributed by atoms with E-state index in [1.54, 1.807) is 25.4 Å². The van der Waals surface area contributed by atoms with Crippen molar-refractivity contribution >= 4 is 5.91 Å². The summed E-state index contributed by atoms with van der Waals surface area (Å²) >= 11 is 0. The van der Waals surface area contributed by atoms with E-state index in [-0.39, 0.29) is 5.91 Å². The van der Waals surface area contributed by atoms with Crippen molar-refractivity contribution in [2.75, 3.05) is 26.7 Å². The fourth-order valence-corrected chi connectivity index (χ4v) is 2.97. The predicted molar refractivity (Wildman–Crippen MR) is 89.7 cm³/mol. The molecule has 7 heteroatoms. The molecular formula is C17H23N5O2. The average molecular weight is 329 g/mol. The molecule has 128 valence electrons. The van der Waals surface area contributed by atoms with Crippen molar-refractivity contribution in [2.24, 2.45) is 13.0 Å². The molecule has 7 nitrogen and oxygen atoms in total. The maximum absolute atomic E-state index is 12.2. The van der Waals surface area contributed by atoms with Crippen LogP contribution in [0.4, 0.5) is 0 Å². The Morgan fingerprint density at radius 2 is 2.29 bits per heavy atom. The summed E-state index contributed by atoms with van der Waals surface area (Å²) in [5, 5.41) is 3.01. The molecule has 3 heterocycles. The normalized spacial score (nSPS) is 17.8. The Labute approximate surface area is 141 Å². The van der Waals surface area contributed by atoms with Gasteiger partial charge in [-0.2, -0.15) is 0 Å². The van der Waals surface area contributed by atoms with Crippen molar-refractivity contribution in [2.45, 2.75) is 13.0 Å². The molecule has 1 N–H and O–H groups in total. The maximum atomic E-state index is 12.2. The molecule has 24 heavy (non-hydrogen) atoms. The molecule has 0 bridgehead atoms. The van der Waals surface area contributed by atoms with Crippen LogP contribution in [0.15, 0.2) is 30.7 Å². The van der Waals surface area contributed by atoms with Gasteiger partial charge in [0, 0.05) is 50.4 Å². The van der Waals surface area contributed by atoms with E-state index >= 15 is 0 Å². The van der Waals surface area contributed by atoms with Crippen molar-refractivity contribution < 1.29 is 9.53 Å². The number of hydrogen-bond donors (Lipinski definition) is 1. The second-order valence-corrected chi connectivity index (χ2v) is 6.14. The number of amides is 1. The van der Waals surface area contributed by atoms with Gasteiger partial charge in [-0.05, 0) is 24.9 Å². The van der Waals surface area contributed by atoms with Gasteiger partial charge in [-0.3, -0.25) is 9.69 Å². The molecule has 1 fully saturated rings. The molecular weight excluding hydrogens is 306 g/mol. The first-order valence-electron chi connectivity index (χ1n) is 8.12. The van der Waals surface area contributed by atoms with Gasteiger partial charge in [0.2, 0.25) is 5.88 Å². The topological polar surface area (TPSA) is 72.3 Å². The maximum Gasteiger partial charge on any atom is 0.251 e. The van der Waals surface area contributed by atoms with Crippen LogP contribution in [0.2, 0.25) is 0 Å². The van der Waals surface area contributed by atoms with E-state index in [1.165, 1.54) is 0 Å². The lowest BCUT2D eigenvalue weighted by Gasteiger charge is -2.16. The molecule has 1 aliphatic rings. The van der Waals surface area contributed by atoms with Crippen LogP contribution in [0, 0.1) is 5.92 Å². The lowest BCUT2D eigenvalue weighted by Crippen LogP contribution is -2.31. The van der Waals surface area contributed by atoms with Gasteiger partial charge < -0.3 is 14.6 Å². The number of nitrogens with one attached hydrogen (secondary N) is 1. The van der Waals surface area contributed by atoms with Gasteiger partial charge in [-0.1, -0.05) is 0 Å². The predicted octanol–water partition coefficient (Wildman–Crippen LogP) is 1.08. The number of likely N-dealkylation sites (tertiary alicyclic amines) is 1. The van der Waals surface area contributed by atoms with Crippen molar-refractivity contribution in [3.05, 3.63) is 42.1 Å². The van der Waals surface area contributed by atoms with Crippen LogP contribution >= 0.6 is 0 Å². The number of ether oxygens (including phenoxy) is 1. The minimum atomic E-state index is -0.0850. The first-order chi connectivity index (χ1) is 11.7. The quantitative estimate of drug-likeness (QED) is 0.858. The Hall–Kier alpha value is -2.41. The molecule has 0 aromatic carbocycles. The molecule has 0 aliphatic carbocycles. The third kappa shape index (κ3) is 3.91. The van der Waals surface area contributed by atoms with Crippen LogP contribution in [0.3, 0.4) is 0 Å². The molecule has 1 aliphatic heterocycles. The Balaban J connectivity index is 1.47. The molecule has 0 spiro atoms. The van der Waals surface area contributed by atoms with Crippen LogP contribution in [0.5, 0.6) is 5.88 Å². The zero-order valence-corrected chi connectivity index (χ0v) is 14.1. The molecule has 1 unspecified atom stereocenters. The van der Waals surface area contributed by atoms with Gasteiger partial charge >= 0.3 is 0 Å². The standard InChI is InChI=1S/C17H23N5O2/c1-21-8-6-18-15(21)12-22-7-4-13(11-22)10-20-17(23)14-3-5-19-16(9-14)24-2/h3,5-6,8-9,13H,4,7,10-12H2,1-2H3,(H,20,23). The molecule has 0 radical (unpaired) electrons. The van der Waals surface area contributed by atoms with Gasteiger partial charge in [0.05, 0.1) is 13.7 Å². The molecule has 3 rings (SSSR count). The Morgan fingerprint density at radius 3 is 3.04 bits per heavy atom. The first-order valence-corrected chi connectivity index (χ1v) is 8.12. The fraction of sp³-hybridized carbons (Fsp3) is 0.471. The number of hydrogen-bond acceptors (Lipinski definition) is 5. The van der Waals surface area contributed by atoms with Gasteiger partial charge in [-0.15, -0.1) is 0 Å². The summed E-state index contributed by atoms with van der Waals surface area (Å²) in [5.41, 5.74) is 0.574. The number of carbonyl (C=O) groups is 1. The summed E-state index contributed by atoms with van der Waals surface area (Å²) in [6.07, 6.45) is 6.46. The van der Waals surface area contributed by atoms with Crippen molar-refractivity contribution in [1.29, 1.82) is 0 Å². The Morgan fingerprint density at radius 1 is 1.42 bits per heavy atom. The minimum absolute atomic E-state index is 0.0850. The molecule has 2 aromatic rings. The summed E-state index contributed by atoms with van der Waals surface area (Å²) in [7, 11) is 3.55. The number of methoxy groups -OCH3 is 1. The monoisotopic (exact) mass is 329 g/mol. The lowest BCUT2D eigenvalue weighted by atomic mass is 10.1. The number of rotatable bonds is 6. The number of nitrogens with zero attached hydrogens (tertiary/aromatic N) is 4. The number of imidazole rings is 1. The highest BCUT2D eigenvalue weighted by Gasteiger charge is 2.24. The smallest absolute Gasteiger partial charge is 0.251 e.